The van der Waals surface area contributed by atoms with Crippen molar-refractivity contribution in [2.45, 2.75) is 45.7 Å². The van der Waals surface area contributed by atoms with Crippen LogP contribution in [0.25, 0.3) is 0 Å². The molecular formula is C18H22N2O6S. The molecule has 0 bridgehead atoms. The molecule has 2 N–H and O–H groups in total. The summed E-state index contributed by atoms with van der Waals surface area (Å²) in [7, 11) is 0. The minimum atomic E-state index is -1.28. The van der Waals surface area contributed by atoms with Gasteiger partial charge >= 0.3 is 11.9 Å². The fraction of sp³-hybridized carbons (Fsp3) is 0.444. The van der Waals surface area contributed by atoms with Gasteiger partial charge in [-0.25, -0.2) is 4.79 Å². The first-order valence-corrected chi connectivity index (χ1v) is 9.37. The van der Waals surface area contributed by atoms with Crippen LogP contribution < -0.4 is 5.32 Å². The Morgan fingerprint density at radius 3 is 2.56 bits per heavy atom. The standard InChI is InChI=1S/C18H22N2O6S/c1-4-12(9-26-11(3)21)16(18(24)25)20-10(2)15(17(20)23)19-14(22)8-13-6-5-7-27-13/h5-7,10,15H,4,8-9H2,1-3H3,(H,19,22)(H,24,25)/b16-12+. The Labute approximate surface area is 160 Å². The van der Waals surface area contributed by atoms with Gasteiger partial charge in [-0.05, 0) is 30.4 Å². The maximum absolute atomic E-state index is 12.5. The molecule has 2 atom stereocenters. The number of likely N-dealkylation sites (tertiary alicyclic amines) is 1. The zero-order chi connectivity index (χ0) is 20.1. The number of carboxylic acids is 1. The number of β-lactam (4-membered cyclic amide) rings is 1. The lowest BCUT2D eigenvalue weighted by molar-refractivity contribution is -0.154. The molecule has 0 spiro atoms. The SMILES string of the molecule is CC/C(COC(C)=O)=C(/C(=O)O)N1C(=O)C(NC(=O)Cc2cccs2)C1C. The summed E-state index contributed by atoms with van der Waals surface area (Å²) in [5.41, 5.74) is 0.140. The van der Waals surface area contributed by atoms with Gasteiger partial charge in [0.05, 0.1) is 12.5 Å². The summed E-state index contributed by atoms with van der Waals surface area (Å²) in [6.07, 6.45) is 0.475. The highest BCUT2D eigenvalue weighted by molar-refractivity contribution is 7.10. The van der Waals surface area contributed by atoms with Gasteiger partial charge in [0.15, 0.2) is 0 Å². The summed E-state index contributed by atoms with van der Waals surface area (Å²) in [5.74, 6) is -2.60. The summed E-state index contributed by atoms with van der Waals surface area (Å²) in [4.78, 5) is 49.4. The van der Waals surface area contributed by atoms with E-state index in [4.69, 9.17) is 4.74 Å². The molecule has 1 aliphatic heterocycles. The van der Waals surface area contributed by atoms with Gasteiger partial charge < -0.3 is 15.2 Å². The van der Waals surface area contributed by atoms with Gasteiger partial charge in [-0.3, -0.25) is 19.3 Å². The van der Waals surface area contributed by atoms with E-state index in [1.807, 2.05) is 17.5 Å². The molecule has 1 aromatic heterocycles. The topological polar surface area (TPSA) is 113 Å². The van der Waals surface area contributed by atoms with Crippen molar-refractivity contribution in [1.82, 2.24) is 10.2 Å². The molecule has 2 rings (SSSR count). The number of thiophene rings is 1. The number of amides is 2. The molecule has 1 saturated heterocycles. The van der Waals surface area contributed by atoms with Crippen molar-refractivity contribution in [3.05, 3.63) is 33.7 Å². The number of ether oxygens (including phenoxy) is 1. The number of rotatable bonds is 8. The van der Waals surface area contributed by atoms with Gasteiger partial charge in [-0.1, -0.05) is 13.0 Å². The van der Waals surface area contributed by atoms with E-state index in [-0.39, 0.29) is 24.6 Å². The van der Waals surface area contributed by atoms with Crippen molar-refractivity contribution in [2.75, 3.05) is 6.61 Å². The molecule has 146 valence electrons. The second-order valence-electron chi connectivity index (χ2n) is 6.14. The first kappa shape index (κ1) is 20.6. The Hall–Kier alpha value is -2.68. The molecular weight excluding hydrogens is 372 g/mol. The number of carbonyl (C=O) groups is 4. The highest BCUT2D eigenvalue weighted by Crippen LogP contribution is 2.28. The zero-order valence-corrected chi connectivity index (χ0v) is 16.2. The van der Waals surface area contributed by atoms with Gasteiger partial charge in [0.1, 0.15) is 18.3 Å². The lowest BCUT2D eigenvalue weighted by atomic mass is 9.93. The average molecular weight is 394 g/mol. The molecule has 1 fully saturated rings. The van der Waals surface area contributed by atoms with Crippen LogP contribution in [0.3, 0.4) is 0 Å². The van der Waals surface area contributed by atoms with Crippen molar-refractivity contribution in [3.8, 4) is 0 Å². The third-order valence-electron chi connectivity index (χ3n) is 4.28. The van der Waals surface area contributed by atoms with E-state index < -0.39 is 29.9 Å². The Kier molecular flexibility index (Phi) is 6.73. The number of aliphatic carboxylic acids is 1. The van der Waals surface area contributed by atoms with Crippen molar-refractivity contribution in [1.29, 1.82) is 0 Å². The van der Waals surface area contributed by atoms with E-state index in [0.29, 0.717) is 12.0 Å². The van der Waals surface area contributed by atoms with E-state index in [9.17, 15) is 24.3 Å². The van der Waals surface area contributed by atoms with E-state index in [1.165, 1.54) is 18.3 Å². The van der Waals surface area contributed by atoms with Crippen LogP contribution >= 0.6 is 11.3 Å². The molecule has 2 amide bonds. The lowest BCUT2D eigenvalue weighted by Gasteiger charge is -2.46. The Balaban J connectivity index is 2.11. The fourth-order valence-corrected chi connectivity index (χ4v) is 3.57. The number of hydrogen-bond donors (Lipinski definition) is 2. The van der Waals surface area contributed by atoms with E-state index in [2.05, 4.69) is 5.32 Å². The van der Waals surface area contributed by atoms with E-state index in [1.54, 1.807) is 13.8 Å². The van der Waals surface area contributed by atoms with Crippen LogP contribution in [0.2, 0.25) is 0 Å². The summed E-state index contributed by atoms with van der Waals surface area (Å²) in [5, 5.41) is 14.1. The maximum Gasteiger partial charge on any atom is 0.352 e. The lowest BCUT2D eigenvalue weighted by Crippen LogP contribution is -2.69. The van der Waals surface area contributed by atoms with Crippen LogP contribution in [0.15, 0.2) is 28.8 Å². The monoisotopic (exact) mass is 394 g/mol. The number of hydrogen-bond acceptors (Lipinski definition) is 6. The number of carbonyl (C=O) groups excluding carboxylic acids is 3. The predicted octanol–water partition coefficient (Wildman–Crippen LogP) is 1.32. The largest absolute Gasteiger partial charge is 0.477 e. The first-order chi connectivity index (χ1) is 12.8. The molecule has 0 aliphatic carbocycles. The van der Waals surface area contributed by atoms with Crippen molar-refractivity contribution < 1.29 is 29.0 Å². The molecule has 0 saturated carbocycles. The predicted molar refractivity (Wildman–Crippen MR) is 97.8 cm³/mol. The van der Waals surface area contributed by atoms with Crippen LogP contribution in [0.1, 0.15) is 32.1 Å². The molecule has 2 heterocycles. The zero-order valence-electron chi connectivity index (χ0n) is 15.4. The Bertz CT molecular complexity index is 771. The van der Waals surface area contributed by atoms with Crippen LogP contribution in [0, 0.1) is 0 Å². The van der Waals surface area contributed by atoms with Gasteiger partial charge in [-0.15, -0.1) is 11.3 Å². The minimum Gasteiger partial charge on any atom is -0.477 e. The molecule has 0 aromatic carbocycles. The highest BCUT2D eigenvalue weighted by Gasteiger charge is 2.49. The number of carboxylic acid groups (broad SMARTS) is 1. The third-order valence-corrected chi connectivity index (χ3v) is 5.16. The van der Waals surface area contributed by atoms with E-state index in [0.717, 1.165) is 9.78 Å². The van der Waals surface area contributed by atoms with Crippen molar-refractivity contribution in [2.24, 2.45) is 0 Å². The molecule has 2 unspecified atom stereocenters. The summed E-state index contributed by atoms with van der Waals surface area (Å²) >= 11 is 1.45. The fourth-order valence-electron chi connectivity index (χ4n) is 2.87. The van der Waals surface area contributed by atoms with Gasteiger partial charge in [-0.2, -0.15) is 0 Å². The number of nitrogens with zero attached hydrogens (tertiary/aromatic N) is 1. The number of esters is 1. The Morgan fingerprint density at radius 1 is 1.37 bits per heavy atom. The number of nitrogens with one attached hydrogen (secondary N) is 1. The molecule has 1 aliphatic rings. The maximum atomic E-state index is 12.5. The third kappa shape index (κ3) is 4.73. The minimum absolute atomic E-state index is 0.169. The average Bonchev–Trinajstić information content (AvgIpc) is 3.11. The first-order valence-electron chi connectivity index (χ1n) is 8.49. The molecule has 27 heavy (non-hydrogen) atoms. The van der Waals surface area contributed by atoms with Crippen LogP contribution in [-0.4, -0.2) is 52.4 Å². The summed E-state index contributed by atoms with van der Waals surface area (Å²) < 4.78 is 4.90. The quantitative estimate of drug-likeness (QED) is 0.391. The van der Waals surface area contributed by atoms with Crippen LogP contribution in [0.4, 0.5) is 0 Å². The molecule has 8 nitrogen and oxygen atoms in total. The van der Waals surface area contributed by atoms with Crippen molar-refractivity contribution >= 4 is 35.1 Å². The summed E-state index contributed by atoms with van der Waals surface area (Å²) in [6, 6.07) is 2.37. The smallest absolute Gasteiger partial charge is 0.352 e. The van der Waals surface area contributed by atoms with Crippen LogP contribution in [0.5, 0.6) is 0 Å². The highest BCUT2D eigenvalue weighted by atomic mass is 32.1. The molecule has 1 aromatic rings. The second-order valence-corrected chi connectivity index (χ2v) is 7.17. The Morgan fingerprint density at radius 2 is 2.07 bits per heavy atom. The van der Waals surface area contributed by atoms with Gasteiger partial charge in [0.2, 0.25) is 5.91 Å². The van der Waals surface area contributed by atoms with E-state index >= 15 is 0 Å². The molecule has 0 radical (unpaired) electrons. The molecule has 9 heteroatoms. The second kappa shape index (κ2) is 8.81. The summed E-state index contributed by atoms with van der Waals surface area (Å²) in [6.45, 7) is 4.42. The van der Waals surface area contributed by atoms with Crippen molar-refractivity contribution in [3.63, 3.8) is 0 Å². The van der Waals surface area contributed by atoms with Crippen LogP contribution in [-0.2, 0) is 30.3 Å². The normalized spacial score (nSPS) is 19.8. The van der Waals surface area contributed by atoms with Gasteiger partial charge in [0.25, 0.3) is 5.91 Å². The van der Waals surface area contributed by atoms with Gasteiger partial charge in [0, 0.05) is 11.8 Å².